The van der Waals surface area contributed by atoms with E-state index in [4.69, 9.17) is 9.47 Å². The van der Waals surface area contributed by atoms with E-state index in [0.29, 0.717) is 19.1 Å². The molecule has 0 aromatic heterocycles. The third kappa shape index (κ3) is 4.24. The molecular weight excluding hydrogens is 170 g/mol. The summed E-state index contributed by atoms with van der Waals surface area (Å²) in [6, 6.07) is 0. The van der Waals surface area contributed by atoms with Gasteiger partial charge in [-0.25, -0.2) is 0 Å². The molecule has 1 rings (SSSR count). The van der Waals surface area contributed by atoms with Crippen LogP contribution in [0.25, 0.3) is 0 Å². The second kappa shape index (κ2) is 5.94. The molecule has 1 saturated heterocycles. The molecule has 0 aromatic rings. The Kier molecular flexibility index (Phi) is 4.78. The number of hydrogen-bond acceptors (Lipinski definition) is 4. The smallest absolute Gasteiger partial charge is 0.319 e. The van der Waals surface area contributed by atoms with Crippen molar-refractivity contribution in [2.75, 3.05) is 33.4 Å². The monoisotopic (exact) mass is 187 g/mol. The molecule has 0 amide bonds. The van der Waals surface area contributed by atoms with Gasteiger partial charge in [-0.05, 0) is 25.8 Å². The van der Waals surface area contributed by atoms with E-state index < -0.39 is 0 Å². The molecule has 1 N–H and O–H groups in total. The third-order valence-corrected chi connectivity index (χ3v) is 2.14. The normalized spacial score (nSPS) is 18.5. The summed E-state index contributed by atoms with van der Waals surface area (Å²) in [6.45, 7) is 2.44. The van der Waals surface area contributed by atoms with Crippen molar-refractivity contribution in [3.8, 4) is 0 Å². The quantitative estimate of drug-likeness (QED) is 0.638. The van der Waals surface area contributed by atoms with Crippen molar-refractivity contribution in [1.82, 2.24) is 5.32 Å². The fourth-order valence-electron chi connectivity index (χ4n) is 1.32. The first-order valence-corrected chi connectivity index (χ1v) is 4.71. The van der Waals surface area contributed by atoms with Gasteiger partial charge in [-0.15, -0.1) is 0 Å². The number of nitrogens with one attached hydrogen (secondary N) is 1. The Labute approximate surface area is 78.6 Å². The fraction of sp³-hybridized carbons (Fsp3) is 0.889. The van der Waals surface area contributed by atoms with Gasteiger partial charge in [-0.1, -0.05) is 0 Å². The summed E-state index contributed by atoms with van der Waals surface area (Å²) in [6.07, 6.45) is 2.01. The molecule has 0 radical (unpaired) electrons. The van der Waals surface area contributed by atoms with Crippen molar-refractivity contribution in [3.05, 3.63) is 0 Å². The highest BCUT2D eigenvalue weighted by atomic mass is 16.5. The Balaban J connectivity index is 2.06. The van der Waals surface area contributed by atoms with Crippen molar-refractivity contribution in [2.24, 2.45) is 5.92 Å². The maximum Gasteiger partial charge on any atom is 0.319 e. The summed E-state index contributed by atoms with van der Waals surface area (Å²) in [4.78, 5) is 11.0. The molecule has 1 fully saturated rings. The van der Waals surface area contributed by atoms with E-state index in [0.717, 1.165) is 26.1 Å². The SMILES string of the molecule is CNCC(=O)OCC1CCOCC1. The standard InChI is InChI=1S/C9H17NO3/c1-10-6-9(11)13-7-8-2-4-12-5-3-8/h8,10H,2-7H2,1H3. The number of carbonyl (C=O) groups is 1. The van der Waals surface area contributed by atoms with Crippen molar-refractivity contribution in [2.45, 2.75) is 12.8 Å². The summed E-state index contributed by atoms with van der Waals surface area (Å²) in [5.74, 6) is 0.323. The average molecular weight is 187 g/mol. The minimum Gasteiger partial charge on any atom is -0.464 e. The second-order valence-electron chi connectivity index (χ2n) is 3.27. The highest BCUT2D eigenvalue weighted by Crippen LogP contribution is 2.14. The van der Waals surface area contributed by atoms with Gasteiger partial charge in [0.15, 0.2) is 0 Å². The largest absolute Gasteiger partial charge is 0.464 e. The Bertz CT molecular complexity index is 155. The van der Waals surface area contributed by atoms with Crippen LogP contribution in [0.15, 0.2) is 0 Å². The maximum absolute atomic E-state index is 11.0. The van der Waals surface area contributed by atoms with Crippen LogP contribution < -0.4 is 5.32 Å². The zero-order valence-electron chi connectivity index (χ0n) is 8.04. The Morgan fingerprint density at radius 1 is 1.54 bits per heavy atom. The van der Waals surface area contributed by atoms with Crippen LogP contribution in [0.2, 0.25) is 0 Å². The van der Waals surface area contributed by atoms with Gasteiger partial charge in [0.2, 0.25) is 0 Å². The molecule has 4 nitrogen and oxygen atoms in total. The molecule has 76 valence electrons. The summed E-state index contributed by atoms with van der Waals surface area (Å²) < 4.78 is 10.3. The first-order chi connectivity index (χ1) is 6.33. The van der Waals surface area contributed by atoms with E-state index >= 15 is 0 Å². The molecule has 1 heterocycles. The van der Waals surface area contributed by atoms with E-state index in [2.05, 4.69) is 5.32 Å². The Morgan fingerprint density at radius 3 is 2.85 bits per heavy atom. The lowest BCUT2D eigenvalue weighted by Gasteiger charge is -2.21. The summed E-state index contributed by atoms with van der Waals surface area (Å²) >= 11 is 0. The van der Waals surface area contributed by atoms with Crippen molar-refractivity contribution >= 4 is 5.97 Å². The van der Waals surface area contributed by atoms with Crippen molar-refractivity contribution < 1.29 is 14.3 Å². The Morgan fingerprint density at radius 2 is 2.23 bits per heavy atom. The van der Waals surface area contributed by atoms with Crippen molar-refractivity contribution in [1.29, 1.82) is 0 Å². The number of ether oxygens (including phenoxy) is 2. The van der Waals surface area contributed by atoms with Gasteiger partial charge in [-0.2, -0.15) is 0 Å². The summed E-state index contributed by atoms with van der Waals surface area (Å²) in [5.41, 5.74) is 0. The lowest BCUT2D eigenvalue weighted by Crippen LogP contribution is -2.26. The maximum atomic E-state index is 11.0. The number of carbonyl (C=O) groups excluding carboxylic acids is 1. The van der Waals surface area contributed by atoms with Crippen LogP contribution in [0, 0.1) is 5.92 Å². The van der Waals surface area contributed by atoms with Crippen LogP contribution in [0.1, 0.15) is 12.8 Å². The van der Waals surface area contributed by atoms with Gasteiger partial charge in [0.1, 0.15) is 0 Å². The highest BCUT2D eigenvalue weighted by Gasteiger charge is 2.15. The summed E-state index contributed by atoms with van der Waals surface area (Å²) in [7, 11) is 1.73. The van der Waals surface area contributed by atoms with Gasteiger partial charge >= 0.3 is 5.97 Å². The van der Waals surface area contributed by atoms with Crippen LogP contribution in [0.5, 0.6) is 0 Å². The molecule has 13 heavy (non-hydrogen) atoms. The van der Waals surface area contributed by atoms with Crippen LogP contribution >= 0.6 is 0 Å². The lowest BCUT2D eigenvalue weighted by atomic mass is 10.0. The molecule has 1 aliphatic rings. The van der Waals surface area contributed by atoms with Crippen LogP contribution in [-0.4, -0.2) is 39.4 Å². The topological polar surface area (TPSA) is 47.6 Å². The highest BCUT2D eigenvalue weighted by molar-refractivity contribution is 5.71. The van der Waals surface area contributed by atoms with Crippen molar-refractivity contribution in [3.63, 3.8) is 0 Å². The van der Waals surface area contributed by atoms with Crippen LogP contribution in [0.3, 0.4) is 0 Å². The van der Waals surface area contributed by atoms with E-state index in [1.165, 1.54) is 0 Å². The van der Waals surface area contributed by atoms with E-state index in [1.54, 1.807) is 7.05 Å². The van der Waals surface area contributed by atoms with E-state index in [1.807, 2.05) is 0 Å². The molecule has 0 bridgehead atoms. The van der Waals surface area contributed by atoms with E-state index in [9.17, 15) is 4.79 Å². The second-order valence-corrected chi connectivity index (χ2v) is 3.27. The first kappa shape index (κ1) is 10.5. The third-order valence-electron chi connectivity index (χ3n) is 2.14. The zero-order valence-corrected chi connectivity index (χ0v) is 8.04. The minimum atomic E-state index is -0.172. The molecular formula is C9H17NO3. The molecule has 0 aliphatic carbocycles. The molecule has 0 unspecified atom stereocenters. The molecule has 0 atom stereocenters. The number of hydrogen-bond donors (Lipinski definition) is 1. The minimum absolute atomic E-state index is 0.172. The molecule has 1 aliphatic heterocycles. The fourth-order valence-corrected chi connectivity index (χ4v) is 1.32. The predicted octanol–water partition coefficient (Wildman–Crippen LogP) is 0.176. The van der Waals surface area contributed by atoms with Crippen LogP contribution in [0.4, 0.5) is 0 Å². The molecule has 0 aromatic carbocycles. The van der Waals surface area contributed by atoms with Gasteiger partial charge in [-0.3, -0.25) is 4.79 Å². The first-order valence-electron chi connectivity index (χ1n) is 4.71. The van der Waals surface area contributed by atoms with Gasteiger partial charge in [0.25, 0.3) is 0 Å². The predicted molar refractivity (Wildman–Crippen MR) is 48.4 cm³/mol. The van der Waals surface area contributed by atoms with Crippen LogP contribution in [-0.2, 0) is 14.3 Å². The number of esters is 1. The van der Waals surface area contributed by atoms with Gasteiger partial charge in [0.05, 0.1) is 13.2 Å². The zero-order chi connectivity index (χ0) is 9.52. The number of rotatable bonds is 4. The molecule has 0 spiro atoms. The molecule has 4 heteroatoms. The van der Waals surface area contributed by atoms with E-state index in [-0.39, 0.29) is 5.97 Å². The number of likely N-dealkylation sites (N-methyl/N-ethyl adjacent to an activating group) is 1. The average Bonchev–Trinajstić information content (AvgIpc) is 2.17. The van der Waals surface area contributed by atoms with Gasteiger partial charge < -0.3 is 14.8 Å². The lowest BCUT2D eigenvalue weighted by molar-refractivity contribution is -0.144. The molecule has 0 saturated carbocycles. The van der Waals surface area contributed by atoms with Gasteiger partial charge in [0, 0.05) is 13.2 Å². The Hall–Kier alpha value is -0.610. The summed E-state index contributed by atoms with van der Waals surface area (Å²) in [5, 5.41) is 2.76.